The molecular weight excluding hydrogens is 348 g/mol. The first kappa shape index (κ1) is 21.2. The van der Waals surface area contributed by atoms with Gasteiger partial charge in [0.25, 0.3) is 11.8 Å². The Balaban J connectivity index is 2.40. The molecule has 0 aromatic carbocycles. The van der Waals surface area contributed by atoms with Crippen molar-refractivity contribution in [2.24, 2.45) is 0 Å². The van der Waals surface area contributed by atoms with Gasteiger partial charge in [0.05, 0.1) is 0 Å². The zero-order chi connectivity index (χ0) is 20.6. The predicted molar refractivity (Wildman–Crippen MR) is 101 cm³/mol. The number of rotatable bonds is 8. The van der Waals surface area contributed by atoms with Crippen LogP contribution in [-0.2, 0) is 9.59 Å². The van der Waals surface area contributed by atoms with Crippen molar-refractivity contribution in [1.29, 1.82) is 0 Å². The summed E-state index contributed by atoms with van der Waals surface area (Å²) < 4.78 is 0. The highest BCUT2D eigenvalue weighted by Gasteiger charge is 2.58. The van der Waals surface area contributed by atoms with E-state index in [1.807, 2.05) is 27.7 Å². The van der Waals surface area contributed by atoms with Crippen molar-refractivity contribution in [2.45, 2.75) is 78.3 Å². The number of amides is 6. The van der Waals surface area contributed by atoms with Gasteiger partial charge in [-0.2, -0.15) is 0 Å². The predicted octanol–water partition coefficient (Wildman–Crippen LogP) is 2.63. The molecule has 0 N–H and O–H groups in total. The van der Waals surface area contributed by atoms with Crippen LogP contribution < -0.4 is 0 Å². The maximum Gasteiger partial charge on any atom is 0.329 e. The summed E-state index contributed by atoms with van der Waals surface area (Å²) in [6.07, 6.45) is 2.22. The molecule has 2 saturated heterocycles. The minimum Gasteiger partial charge on any atom is -0.292 e. The molecule has 2 atom stereocenters. The van der Waals surface area contributed by atoms with Crippen LogP contribution in [0.4, 0.5) is 9.59 Å². The molecule has 2 fully saturated rings. The second-order valence-corrected chi connectivity index (χ2v) is 7.73. The van der Waals surface area contributed by atoms with Gasteiger partial charge >= 0.3 is 12.1 Å². The van der Waals surface area contributed by atoms with Gasteiger partial charge in [0.1, 0.15) is 17.7 Å². The SMILES string of the molecule is CCCN1C(=O)N(CN2C(=O)N(CCC)C(=O)C2(C)CC)C(C)(CC)C1=O. The van der Waals surface area contributed by atoms with E-state index in [4.69, 9.17) is 0 Å². The number of urea groups is 2. The van der Waals surface area contributed by atoms with Crippen molar-refractivity contribution in [2.75, 3.05) is 19.8 Å². The van der Waals surface area contributed by atoms with E-state index >= 15 is 0 Å². The second kappa shape index (κ2) is 7.48. The molecule has 2 unspecified atom stereocenters. The van der Waals surface area contributed by atoms with Gasteiger partial charge in [0, 0.05) is 13.1 Å². The van der Waals surface area contributed by atoms with Crippen LogP contribution in [0.1, 0.15) is 67.2 Å². The Labute approximate surface area is 161 Å². The van der Waals surface area contributed by atoms with E-state index in [-0.39, 0.29) is 30.5 Å². The highest BCUT2D eigenvalue weighted by molar-refractivity contribution is 6.08. The van der Waals surface area contributed by atoms with Crippen LogP contribution in [-0.4, -0.2) is 74.3 Å². The van der Waals surface area contributed by atoms with Gasteiger partial charge in [-0.3, -0.25) is 29.2 Å². The molecule has 2 aliphatic rings. The summed E-state index contributed by atoms with van der Waals surface area (Å²) >= 11 is 0. The van der Waals surface area contributed by atoms with Crippen molar-refractivity contribution in [3.8, 4) is 0 Å². The van der Waals surface area contributed by atoms with E-state index < -0.39 is 11.1 Å². The first-order valence-corrected chi connectivity index (χ1v) is 9.91. The lowest BCUT2D eigenvalue weighted by Crippen LogP contribution is -2.56. The van der Waals surface area contributed by atoms with Crippen LogP contribution in [0.15, 0.2) is 0 Å². The summed E-state index contributed by atoms with van der Waals surface area (Å²) in [4.78, 5) is 57.1. The monoisotopic (exact) mass is 380 g/mol. The molecule has 0 bridgehead atoms. The standard InChI is InChI=1S/C19H32N4O4/c1-7-11-20-14(24)18(5,9-3)22(16(20)26)13-23-17(27)21(12-8-2)15(25)19(23,6)10-4/h7-13H2,1-6H3. The summed E-state index contributed by atoms with van der Waals surface area (Å²) in [6.45, 7) is 11.6. The van der Waals surface area contributed by atoms with Crippen LogP contribution in [0.5, 0.6) is 0 Å². The Morgan fingerprint density at radius 2 is 1.00 bits per heavy atom. The Kier molecular flexibility index (Phi) is 5.87. The summed E-state index contributed by atoms with van der Waals surface area (Å²) in [7, 11) is 0. The Morgan fingerprint density at radius 3 is 1.26 bits per heavy atom. The Bertz CT molecular complexity index is 598. The van der Waals surface area contributed by atoms with Crippen molar-refractivity contribution < 1.29 is 19.2 Å². The maximum absolute atomic E-state index is 13.0. The van der Waals surface area contributed by atoms with Crippen molar-refractivity contribution in [3.63, 3.8) is 0 Å². The lowest BCUT2D eigenvalue weighted by Gasteiger charge is -2.38. The normalized spacial score (nSPS) is 29.0. The van der Waals surface area contributed by atoms with E-state index in [1.54, 1.807) is 13.8 Å². The summed E-state index contributed by atoms with van der Waals surface area (Å²) in [6, 6.07) is -0.780. The van der Waals surface area contributed by atoms with Gasteiger partial charge in [-0.15, -0.1) is 0 Å². The summed E-state index contributed by atoms with van der Waals surface area (Å²) in [5, 5.41) is 0. The van der Waals surface area contributed by atoms with Gasteiger partial charge in [-0.05, 0) is 39.5 Å². The van der Waals surface area contributed by atoms with Crippen molar-refractivity contribution >= 4 is 23.9 Å². The first-order chi connectivity index (χ1) is 12.6. The van der Waals surface area contributed by atoms with Crippen LogP contribution in [0.25, 0.3) is 0 Å². The highest BCUT2D eigenvalue weighted by Crippen LogP contribution is 2.36. The topological polar surface area (TPSA) is 81.2 Å². The van der Waals surface area contributed by atoms with E-state index in [0.717, 1.165) is 0 Å². The quantitative estimate of drug-likeness (QED) is 0.606. The fourth-order valence-corrected chi connectivity index (χ4v) is 3.80. The van der Waals surface area contributed by atoms with E-state index in [1.165, 1.54) is 19.6 Å². The molecule has 2 aliphatic heterocycles. The van der Waals surface area contributed by atoms with Gasteiger partial charge < -0.3 is 0 Å². The molecule has 27 heavy (non-hydrogen) atoms. The van der Waals surface area contributed by atoms with Crippen molar-refractivity contribution in [3.05, 3.63) is 0 Å². The molecule has 0 aliphatic carbocycles. The molecule has 2 heterocycles. The van der Waals surface area contributed by atoms with Gasteiger partial charge in [-0.1, -0.05) is 27.7 Å². The number of carbonyl (C=O) groups excluding carboxylic acids is 4. The molecule has 0 aromatic heterocycles. The molecule has 152 valence electrons. The Hall–Kier alpha value is -2.12. The molecular formula is C19H32N4O4. The van der Waals surface area contributed by atoms with Gasteiger partial charge in [0.15, 0.2) is 0 Å². The molecule has 0 radical (unpaired) electrons. The average Bonchev–Trinajstić information content (AvgIpc) is 2.94. The fourth-order valence-electron chi connectivity index (χ4n) is 3.80. The number of carbonyl (C=O) groups is 4. The number of hydrogen-bond acceptors (Lipinski definition) is 4. The van der Waals surface area contributed by atoms with Crippen LogP contribution in [0.3, 0.4) is 0 Å². The summed E-state index contributed by atoms with van der Waals surface area (Å²) in [5.41, 5.74) is -2.02. The zero-order valence-electron chi connectivity index (χ0n) is 17.4. The van der Waals surface area contributed by atoms with E-state index in [2.05, 4.69) is 0 Å². The lowest BCUT2D eigenvalue weighted by atomic mass is 9.95. The minimum absolute atomic E-state index is 0.0652. The van der Waals surface area contributed by atoms with E-state index in [0.29, 0.717) is 38.8 Å². The Morgan fingerprint density at radius 1 is 0.667 bits per heavy atom. The lowest BCUT2D eigenvalue weighted by molar-refractivity contribution is -0.134. The van der Waals surface area contributed by atoms with E-state index in [9.17, 15) is 19.2 Å². The third-order valence-electron chi connectivity index (χ3n) is 6.08. The average molecular weight is 380 g/mol. The summed E-state index contributed by atoms with van der Waals surface area (Å²) in [5.74, 6) is -0.475. The molecule has 0 spiro atoms. The largest absolute Gasteiger partial charge is 0.329 e. The highest BCUT2D eigenvalue weighted by atomic mass is 16.2. The molecule has 0 saturated carbocycles. The van der Waals surface area contributed by atoms with Crippen LogP contribution in [0, 0.1) is 0 Å². The smallest absolute Gasteiger partial charge is 0.292 e. The molecule has 6 amide bonds. The van der Waals surface area contributed by atoms with Crippen molar-refractivity contribution in [1.82, 2.24) is 19.6 Å². The number of nitrogens with zero attached hydrogens (tertiary/aromatic N) is 4. The van der Waals surface area contributed by atoms with Gasteiger partial charge in [0.2, 0.25) is 0 Å². The molecule has 0 aromatic rings. The zero-order valence-corrected chi connectivity index (χ0v) is 17.4. The van der Waals surface area contributed by atoms with Gasteiger partial charge in [-0.25, -0.2) is 9.59 Å². The minimum atomic E-state index is -1.01. The third-order valence-corrected chi connectivity index (χ3v) is 6.08. The first-order valence-electron chi connectivity index (χ1n) is 9.91. The number of hydrogen-bond donors (Lipinski definition) is 0. The third kappa shape index (κ3) is 2.99. The van der Waals surface area contributed by atoms with Crippen LogP contribution in [0.2, 0.25) is 0 Å². The number of imide groups is 2. The second-order valence-electron chi connectivity index (χ2n) is 7.73. The molecule has 8 nitrogen and oxygen atoms in total. The maximum atomic E-state index is 13.0. The molecule has 2 rings (SSSR count). The van der Waals surface area contributed by atoms with Crippen LogP contribution >= 0.6 is 0 Å². The fraction of sp³-hybridized carbons (Fsp3) is 0.789. The molecule has 8 heteroatoms.